The van der Waals surface area contributed by atoms with Crippen LogP contribution in [0.2, 0.25) is 0 Å². The summed E-state index contributed by atoms with van der Waals surface area (Å²) in [5.74, 6) is -0.141. The van der Waals surface area contributed by atoms with Gasteiger partial charge in [-0.05, 0) is 38.5 Å². The normalized spacial score (nSPS) is 11.2. The van der Waals surface area contributed by atoms with Crippen LogP contribution >= 0.6 is 15.9 Å². The zero-order valence-corrected chi connectivity index (χ0v) is 11.3. The molecule has 0 fully saturated rings. The second-order valence-electron chi connectivity index (χ2n) is 4.54. The maximum atomic E-state index is 11.5. The Bertz CT molecular complexity index is 354. The highest BCUT2D eigenvalue weighted by Gasteiger charge is 2.12. The number of halogens is 1. The molecule has 1 rings (SSSR count). The van der Waals surface area contributed by atoms with Gasteiger partial charge in [0.05, 0.1) is 12.0 Å². The highest BCUT2D eigenvalue weighted by Crippen LogP contribution is 2.11. The van der Waals surface area contributed by atoms with E-state index in [0.717, 1.165) is 10.0 Å². The van der Waals surface area contributed by atoms with Crippen LogP contribution < -0.4 is 5.48 Å². The van der Waals surface area contributed by atoms with E-state index in [1.54, 1.807) is 0 Å². The van der Waals surface area contributed by atoms with E-state index in [9.17, 15) is 4.79 Å². The molecule has 0 radical (unpaired) electrons. The van der Waals surface area contributed by atoms with E-state index in [4.69, 9.17) is 4.84 Å². The van der Waals surface area contributed by atoms with Crippen LogP contribution in [-0.2, 0) is 16.1 Å². The summed E-state index contributed by atoms with van der Waals surface area (Å²) < 4.78 is 1.00. The molecule has 0 saturated heterocycles. The van der Waals surface area contributed by atoms with Crippen molar-refractivity contribution in [3.8, 4) is 0 Å². The summed E-state index contributed by atoms with van der Waals surface area (Å²) in [5.41, 5.74) is 3.03. The first-order valence-electron chi connectivity index (χ1n) is 5.08. The van der Waals surface area contributed by atoms with Crippen LogP contribution in [0, 0.1) is 0 Å². The van der Waals surface area contributed by atoms with E-state index in [0.29, 0.717) is 6.42 Å². The first-order chi connectivity index (χ1) is 7.37. The van der Waals surface area contributed by atoms with Crippen LogP contribution in [-0.4, -0.2) is 11.5 Å². The van der Waals surface area contributed by atoms with Crippen molar-refractivity contribution in [2.75, 3.05) is 0 Å². The minimum absolute atomic E-state index is 0.141. The van der Waals surface area contributed by atoms with Crippen LogP contribution in [0.15, 0.2) is 28.7 Å². The molecule has 88 valence electrons. The number of carbonyl (C=O) groups is 1. The van der Waals surface area contributed by atoms with Crippen LogP contribution in [0.1, 0.15) is 26.3 Å². The number of rotatable bonds is 3. The number of hydrogen-bond donors (Lipinski definition) is 1. The summed E-state index contributed by atoms with van der Waals surface area (Å²) in [5, 5.41) is 0. The van der Waals surface area contributed by atoms with Crippen LogP contribution in [0.3, 0.4) is 0 Å². The fourth-order valence-electron chi connectivity index (χ4n) is 1.03. The first-order valence-corrected chi connectivity index (χ1v) is 5.87. The standard InChI is InChI=1S/C12H16BrNO2/c1-12(2,3)16-14-11(15)8-9-4-6-10(13)7-5-9/h4-7H,8H2,1-3H3,(H,14,15). The average Bonchev–Trinajstić information content (AvgIpc) is 2.18. The average molecular weight is 286 g/mol. The Morgan fingerprint density at radius 2 is 1.88 bits per heavy atom. The van der Waals surface area contributed by atoms with Gasteiger partial charge in [-0.3, -0.25) is 9.63 Å². The van der Waals surface area contributed by atoms with Crippen molar-refractivity contribution < 1.29 is 9.63 Å². The molecule has 0 heterocycles. The number of hydroxylamine groups is 1. The quantitative estimate of drug-likeness (QED) is 0.868. The largest absolute Gasteiger partial charge is 0.272 e. The minimum Gasteiger partial charge on any atom is -0.272 e. The molecule has 0 aliphatic carbocycles. The Hall–Kier alpha value is -0.870. The van der Waals surface area contributed by atoms with E-state index >= 15 is 0 Å². The van der Waals surface area contributed by atoms with Gasteiger partial charge in [-0.25, -0.2) is 5.48 Å². The summed E-state index contributed by atoms with van der Waals surface area (Å²) in [6.45, 7) is 5.65. The topological polar surface area (TPSA) is 38.3 Å². The summed E-state index contributed by atoms with van der Waals surface area (Å²) in [6.07, 6.45) is 0.323. The molecule has 0 unspecified atom stereocenters. The lowest BCUT2D eigenvalue weighted by atomic mass is 10.1. The number of amides is 1. The fourth-order valence-corrected chi connectivity index (χ4v) is 1.30. The Morgan fingerprint density at radius 3 is 2.38 bits per heavy atom. The van der Waals surface area contributed by atoms with E-state index in [2.05, 4.69) is 21.4 Å². The van der Waals surface area contributed by atoms with Gasteiger partial charge in [0, 0.05) is 4.47 Å². The molecule has 1 aromatic carbocycles. The van der Waals surface area contributed by atoms with Crippen molar-refractivity contribution in [2.24, 2.45) is 0 Å². The lowest BCUT2D eigenvalue weighted by Gasteiger charge is -2.18. The summed E-state index contributed by atoms with van der Waals surface area (Å²) in [4.78, 5) is 16.7. The Balaban J connectivity index is 2.43. The smallest absolute Gasteiger partial charge is 0.247 e. The predicted octanol–water partition coefficient (Wildman–Crippen LogP) is 2.84. The third-order valence-corrected chi connectivity index (χ3v) is 2.28. The second-order valence-corrected chi connectivity index (χ2v) is 5.46. The molecule has 1 N–H and O–H groups in total. The third-order valence-electron chi connectivity index (χ3n) is 1.75. The zero-order chi connectivity index (χ0) is 12.2. The van der Waals surface area contributed by atoms with Gasteiger partial charge >= 0.3 is 0 Å². The predicted molar refractivity (Wildman–Crippen MR) is 66.8 cm³/mol. The number of nitrogens with one attached hydrogen (secondary N) is 1. The molecular formula is C12H16BrNO2. The van der Waals surface area contributed by atoms with E-state index in [1.807, 2.05) is 45.0 Å². The molecule has 0 saturated carbocycles. The van der Waals surface area contributed by atoms with Crippen molar-refractivity contribution in [1.29, 1.82) is 0 Å². The van der Waals surface area contributed by atoms with Gasteiger partial charge in [0.1, 0.15) is 0 Å². The Labute approximate surface area is 104 Å². The summed E-state index contributed by atoms with van der Waals surface area (Å²) in [6, 6.07) is 7.63. The molecule has 1 aromatic rings. The van der Waals surface area contributed by atoms with Gasteiger partial charge in [0.15, 0.2) is 0 Å². The molecule has 0 aromatic heterocycles. The molecule has 0 bridgehead atoms. The summed E-state index contributed by atoms with van der Waals surface area (Å²) >= 11 is 3.34. The van der Waals surface area contributed by atoms with E-state index in [-0.39, 0.29) is 11.5 Å². The highest BCUT2D eigenvalue weighted by atomic mass is 79.9. The van der Waals surface area contributed by atoms with Gasteiger partial charge in [0.2, 0.25) is 5.91 Å². The molecule has 3 nitrogen and oxygen atoms in total. The van der Waals surface area contributed by atoms with Crippen LogP contribution in [0.25, 0.3) is 0 Å². The lowest BCUT2D eigenvalue weighted by Crippen LogP contribution is -2.34. The number of benzene rings is 1. The van der Waals surface area contributed by atoms with Crippen LogP contribution in [0.5, 0.6) is 0 Å². The van der Waals surface area contributed by atoms with E-state index < -0.39 is 0 Å². The number of carbonyl (C=O) groups excluding carboxylic acids is 1. The van der Waals surface area contributed by atoms with Gasteiger partial charge in [-0.2, -0.15) is 0 Å². The zero-order valence-electron chi connectivity index (χ0n) is 9.71. The van der Waals surface area contributed by atoms with Gasteiger partial charge in [0.25, 0.3) is 0 Å². The van der Waals surface area contributed by atoms with Crippen LogP contribution in [0.4, 0.5) is 0 Å². The second kappa shape index (κ2) is 5.46. The minimum atomic E-state index is -0.366. The summed E-state index contributed by atoms with van der Waals surface area (Å²) in [7, 11) is 0. The molecule has 0 atom stereocenters. The van der Waals surface area contributed by atoms with Gasteiger partial charge in [-0.15, -0.1) is 0 Å². The van der Waals surface area contributed by atoms with Crippen molar-refractivity contribution in [3.63, 3.8) is 0 Å². The maximum Gasteiger partial charge on any atom is 0.247 e. The van der Waals surface area contributed by atoms with Crippen molar-refractivity contribution in [1.82, 2.24) is 5.48 Å². The fraction of sp³-hybridized carbons (Fsp3) is 0.417. The molecule has 0 spiro atoms. The maximum absolute atomic E-state index is 11.5. The first kappa shape index (κ1) is 13.2. The van der Waals surface area contributed by atoms with Crippen molar-refractivity contribution >= 4 is 21.8 Å². The SMILES string of the molecule is CC(C)(C)ONC(=O)Cc1ccc(Br)cc1. The van der Waals surface area contributed by atoms with E-state index in [1.165, 1.54) is 0 Å². The highest BCUT2D eigenvalue weighted by molar-refractivity contribution is 9.10. The van der Waals surface area contributed by atoms with Crippen molar-refractivity contribution in [2.45, 2.75) is 32.8 Å². The monoisotopic (exact) mass is 285 g/mol. The van der Waals surface area contributed by atoms with Crippen molar-refractivity contribution in [3.05, 3.63) is 34.3 Å². The molecular weight excluding hydrogens is 270 g/mol. The molecule has 1 amide bonds. The molecule has 4 heteroatoms. The molecule has 0 aliphatic rings. The number of hydrogen-bond acceptors (Lipinski definition) is 2. The Morgan fingerprint density at radius 1 is 1.31 bits per heavy atom. The molecule has 0 aliphatic heterocycles. The Kier molecular flexibility index (Phi) is 4.50. The molecule has 16 heavy (non-hydrogen) atoms. The van der Waals surface area contributed by atoms with Gasteiger partial charge < -0.3 is 0 Å². The lowest BCUT2D eigenvalue weighted by molar-refractivity contribution is -0.144. The van der Waals surface area contributed by atoms with Gasteiger partial charge in [-0.1, -0.05) is 28.1 Å². The third kappa shape index (κ3) is 5.28.